The summed E-state index contributed by atoms with van der Waals surface area (Å²) in [6.45, 7) is 1.27. The van der Waals surface area contributed by atoms with Crippen LogP contribution in [0.2, 0.25) is 5.02 Å². The van der Waals surface area contributed by atoms with Crippen molar-refractivity contribution in [3.63, 3.8) is 0 Å². The quantitative estimate of drug-likeness (QED) is 0.839. The van der Waals surface area contributed by atoms with Crippen molar-refractivity contribution in [2.75, 3.05) is 24.3 Å². The summed E-state index contributed by atoms with van der Waals surface area (Å²) >= 11 is 7.30. The van der Waals surface area contributed by atoms with Crippen LogP contribution in [0.25, 0.3) is 0 Å². The minimum absolute atomic E-state index is 0.0700. The third kappa shape index (κ3) is 4.56. The Morgan fingerprint density at radius 3 is 2.61 bits per heavy atom. The largest absolute Gasteiger partial charge is 0.490 e. The molecule has 1 amide bonds. The van der Waals surface area contributed by atoms with Crippen LogP contribution < -0.4 is 14.8 Å². The average molecular weight is 350 g/mol. The van der Waals surface area contributed by atoms with E-state index in [4.69, 9.17) is 21.1 Å². The monoisotopic (exact) mass is 349 g/mol. The molecule has 0 spiro atoms. The Balaban J connectivity index is 1.57. The van der Waals surface area contributed by atoms with Crippen molar-refractivity contribution >= 4 is 35.0 Å². The van der Waals surface area contributed by atoms with Crippen LogP contribution >= 0.6 is 23.4 Å². The molecule has 0 unspecified atom stereocenters. The molecule has 4 nitrogen and oxygen atoms in total. The van der Waals surface area contributed by atoms with Crippen LogP contribution in [-0.2, 0) is 4.79 Å². The molecule has 0 aliphatic carbocycles. The maximum atomic E-state index is 12.1. The van der Waals surface area contributed by atoms with E-state index in [0.717, 1.165) is 17.1 Å². The molecule has 6 heteroatoms. The number of ether oxygens (including phenoxy) is 2. The first-order valence-corrected chi connectivity index (χ1v) is 8.65. The third-order valence-electron chi connectivity index (χ3n) is 3.21. The first-order chi connectivity index (χ1) is 11.2. The fraction of sp³-hybridized carbons (Fsp3) is 0.235. The summed E-state index contributed by atoms with van der Waals surface area (Å²) < 4.78 is 11.2. The zero-order valence-electron chi connectivity index (χ0n) is 12.4. The molecule has 0 saturated heterocycles. The van der Waals surface area contributed by atoms with Gasteiger partial charge in [0.15, 0.2) is 11.5 Å². The SMILES string of the molecule is O=C(CSc1ccc(Cl)cc1)Nc1ccc2c(c1)OCCCO2. The van der Waals surface area contributed by atoms with Crippen LogP contribution in [0.1, 0.15) is 6.42 Å². The second kappa shape index (κ2) is 7.62. The molecule has 23 heavy (non-hydrogen) atoms. The summed E-state index contributed by atoms with van der Waals surface area (Å²) in [5, 5.41) is 3.56. The number of thioether (sulfide) groups is 1. The summed E-state index contributed by atoms with van der Waals surface area (Å²) in [5.41, 5.74) is 0.705. The Kier molecular flexibility index (Phi) is 5.31. The fourth-order valence-corrected chi connectivity index (χ4v) is 2.94. The van der Waals surface area contributed by atoms with Crippen molar-refractivity contribution in [2.24, 2.45) is 0 Å². The number of nitrogens with one attached hydrogen (secondary N) is 1. The highest BCUT2D eigenvalue weighted by atomic mass is 35.5. The molecule has 0 aromatic heterocycles. The van der Waals surface area contributed by atoms with Crippen LogP contribution in [0.4, 0.5) is 5.69 Å². The van der Waals surface area contributed by atoms with Crippen molar-refractivity contribution in [3.8, 4) is 11.5 Å². The molecule has 0 radical (unpaired) electrons. The first kappa shape index (κ1) is 16.0. The minimum Gasteiger partial charge on any atom is -0.490 e. The molecule has 1 aliphatic rings. The number of carbonyl (C=O) groups excluding carboxylic acids is 1. The van der Waals surface area contributed by atoms with Gasteiger partial charge in [-0.2, -0.15) is 0 Å². The van der Waals surface area contributed by atoms with E-state index in [9.17, 15) is 4.79 Å². The third-order valence-corrected chi connectivity index (χ3v) is 4.48. The van der Waals surface area contributed by atoms with Crippen LogP contribution in [0.5, 0.6) is 11.5 Å². The van der Waals surface area contributed by atoms with Gasteiger partial charge in [0.1, 0.15) is 0 Å². The maximum absolute atomic E-state index is 12.1. The Morgan fingerprint density at radius 2 is 1.83 bits per heavy atom. The van der Waals surface area contributed by atoms with Crippen molar-refractivity contribution < 1.29 is 14.3 Å². The van der Waals surface area contributed by atoms with Crippen molar-refractivity contribution in [2.45, 2.75) is 11.3 Å². The highest BCUT2D eigenvalue weighted by molar-refractivity contribution is 8.00. The van der Waals surface area contributed by atoms with Gasteiger partial charge < -0.3 is 14.8 Å². The molecular weight excluding hydrogens is 334 g/mol. The number of halogens is 1. The highest BCUT2D eigenvalue weighted by Crippen LogP contribution is 2.32. The van der Waals surface area contributed by atoms with Crippen molar-refractivity contribution in [1.29, 1.82) is 0 Å². The van der Waals surface area contributed by atoms with Gasteiger partial charge in [0.25, 0.3) is 0 Å². The van der Waals surface area contributed by atoms with Gasteiger partial charge in [-0.1, -0.05) is 11.6 Å². The Morgan fingerprint density at radius 1 is 1.09 bits per heavy atom. The maximum Gasteiger partial charge on any atom is 0.234 e. The van der Waals surface area contributed by atoms with E-state index in [1.165, 1.54) is 11.8 Å². The second-order valence-corrected chi connectivity index (χ2v) is 6.49. The molecule has 0 atom stereocenters. The zero-order valence-corrected chi connectivity index (χ0v) is 14.0. The highest BCUT2D eigenvalue weighted by Gasteiger charge is 2.12. The summed E-state index contributed by atoms with van der Waals surface area (Å²) in [6, 6.07) is 12.9. The number of hydrogen-bond acceptors (Lipinski definition) is 4. The van der Waals surface area contributed by atoms with E-state index in [1.54, 1.807) is 6.07 Å². The van der Waals surface area contributed by atoms with E-state index in [2.05, 4.69) is 5.32 Å². The molecule has 0 saturated carbocycles. The molecule has 0 fully saturated rings. The van der Waals surface area contributed by atoms with Crippen LogP contribution in [-0.4, -0.2) is 24.9 Å². The van der Waals surface area contributed by atoms with Crippen molar-refractivity contribution in [3.05, 3.63) is 47.5 Å². The predicted octanol–water partition coefficient (Wildman–Crippen LogP) is 4.23. The molecule has 1 heterocycles. The van der Waals surface area contributed by atoms with Gasteiger partial charge in [-0.25, -0.2) is 0 Å². The van der Waals surface area contributed by atoms with Gasteiger partial charge in [0.2, 0.25) is 5.91 Å². The van der Waals surface area contributed by atoms with E-state index >= 15 is 0 Å². The number of amides is 1. The van der Waals surface area contributed by atoms with Crippen LogP contribution in [0, 0.1) is 0 Å². The Labute approximate surface area is 144 Å². The van der Waals surface area contributed by atoms with Gasteiger partial charge in [-0.15, -0.1) is 11.8 Å². The van der Waals surface area contributed by atoms with Gasteiger partial charge in [-0.05, 0) is 36.4 Å². The number of hydrogen-bond donors (Lipinski definition) is 1. The second-order valence-electron chi connectivity index (χ2n) is 5.00. The standard InChI is InChI=1S/C17H16ClNO3S/c18-12-2-5-14(6-3-12)23-11-17(20)19-13-4-7-15-16(10-13)22-9-1-8-21-15/h2-7,10H,1,8-9,11H2,(H,19,20). The van der Waals surface area contributed by atoms with Crippen LogP contribution in [0.15, 0.2) is 47.4 Å². The number of benzene rings is 2. The predicted molar refractivity (Wildman–Crippen MR) is 92.9 cm³/mol. The Hall–Kier alpha value is -1.85. The molecule has 1 N–H and O–H groups in total. The molecule has 120 valence electrons. The number of fused-ring (bicyclic) bond motifs is 1. The normalized spacial score (nSPS) is 13.3. The lowest BCUT2D eigenvalue weighted by atomic mass is 10.2. The van der Waals surface area contributed by atoms with Gasteiger partial charge in [-0.3, -0.25) is 4.79 Å². The molecule has 2 aromatic carbocycles. The summed E-state index contributed by atoms with van der Waals surface area (Å²) in [4.78, 5) is 13.1. The van der Waals surface area contributed by atoms with E-state index in [1.807, 2.05) is 36.4 Å². The molecule has 1 aliphatic heterocycles. The number of carbonyl (C=O) groups is 1. The Bertz CT molecular complexity index is 691. The lowest BCUT2D eigenvalue weighted by molar-refractivity contribution is -0.113. The molecule has 2 aromatic rings. The topological polar surface area (TPSA) is 47.6 Å². The summed E-state index contributed by atoms with van der Waals surface area (Å²) in [5.74, 6) is 1.65. The number of rotatable bonds is 4. The molecular formula is C17H16ClNO3S. The first-order valence-electron chi connectivity index (χ1n) is 7.28. The van der Waals surface area contributed by atoms with E-state index in [-0.39, 0.29) is 5.91 Å². The summed E-state index contributed by atoms with van der Waals surface area (Å²) in [6.07, 6.45) is 0.855. The van der Waals surface area contributed by atoms with Crippen LogP contribution in [0.3, 0.4) is 0 Å². The van der Waals surface area contributed by atoms with Gasteiger partial charge in [0.05, 0.1) is 19.0 Å². The fourth-order valence-electron chi connectivity index (χ4n) is 2.12. The smallest absolute Gasteiger partial charge is 0.234 e. The molecule has 3 rings (SSSR count). The zero-order chi connectivity index (χ0) is 16.1. The summed E-state index contributed by atoms with van der Waals surface area (Å²) in [7, 11) is 0. The lowest BCUT2D eigenvalue weighted by Gasteiger charge is -2.10. The molecule has 0 bridgehead atoms. The number of anilines is 1. The van der Waals surface area contributed by atoms with Gasteiger partial charge >= 0.3 is 0 Å². The average Bonchev–Trinajstić information content (AvgIpc) is 2.79. The van der Waals surface area contributed by atoms with Crippen molar-refractivity contribution in [1.82, 2.24) is 0 Å². The lowest BCUT2D eigenvalue weighted by Crippen LogP contribution is -2.14. The minimum atomic E-state index is -0.0700. The van der Waals surface area contributed by atoms with Gasteiger partial charge in [0, 0.05) is 28.1 Å². The van der Waals surface area contributed by atoms with E-state index < -0.39 is 0 Å². The van der Waals surface area contributed by atoms with E-state index in [0.29, 0.717) is 35.4 Å².